The van der Waals surface area contributed by atoms with Crippen molar-refractivity contribution < 1.29 is 42.9 Å². The molecule has 0 aromatic rings. The first-order valence-electron chi connectivity index (χ1n) is 13.2. The number of nitrogens with one attached hydrogen (secondary N) is 1. The SMILES string of the molecule is CCCCCCCCCCCCO[C@H]1O[C@@H](COC(C)=O)[C@H](OC(C)=O)[C@@H](OC(C)=O)[C@@H]1NC(C)=O. The van der Waals surface area contributed by atoms with Crippen molar-refractivity contribution in [2.45, 2.75) is 129 Å². The fourth-order valence-corrected chi connectivity index (χ4v) is 4.22. The number of carbonyl (C=O) groups is 4. The van der Waals surface area contributed by atoms with E-state index in [1.54, 1.807) is 0 Å². The second-order valence-electron chi connectivity index (χ2n) is 9.27. The molecule has 208 valence electrons. The van der Waals surface area contributed by atoms with E-state index in [0.717, 1.165) is 19.3 Å². The number of unbranched alkanes of at least 4 members (excludes halogenated alkanes) is 9. The average Bonchev–Trinajstić information content (AvgIpc) is 2.78. The molecule has 0 radical (unpaired) electrons. The maximum absolute atomic E-state index is 11.9. The topological polar surface area (TPSA) is 126 Å². The second-order valence-corrected chi connectivity index (χ2v) is 9.27. The van der Waals surface area contributed by atoms with Gasteiger partial charge in [0.25, 0.3) is 0 Å². The van der Waals surface area contributed by atoms with Gasteiger partial charge in [-0.1, -0.05) is 64.7 Å². The summed E-state index contributed by atoms with van der Waals surface area (Å²) in [5.41, 5.74) is 0. The first-order chi connectivity index (χ1) is 17.1. The third-order valence-electron chi connectivity index (χ3n) is 5.85. The predicted molar refractivity (Wildman–Crippen MR) is 132 cm³/mol. The number of rotatable bonds is 17. The smallest absolute Gasteiger partial charge is 0.303 e. The number of hydrogen-bond donors (Lipinski definition) is 1. The summed E-state index contributed by atoms with van der Waals surface area (Å²) in [7, 11) is 0. The molecule has 1 saturated heterocycles. The summed E-state index contributed by atoms with van der Waals surface area (Å²) in [6.45, 7) is 7.31. The molecule has 0 unspecified atom stereocenters. The Bertz CT molecular complexity index is 684. The van der Waals surface area contributed by atoms with Gasteiger partial charge in [0.2, 0.25) is 5.91 Å². The van der Waals surface area contributed by atoms with Crippen molar-refractivity contribution in [1.29, 1.82) is 0 Å². The Kier molecular flexibility index (Phi) is 16.0. The highest BCUT2D eigenvalue weighted by Gasteiger charge is 2.51. The highest BCUT2D eigenvalue weighted by molar-refractivity contribution is 5.73. The molecular weight excluding hydrogens is 470 g/mol. The van der Waals surface area contributed by atoms with Crippen molar-refractivity contribution in [3.05, 3.63) is 0 Å². The van der Waals surface area contributed by atoms with Crippen LogP contribution >= 0.6 is 0 Å². The summed E-state index contributed by atoms with van der Waals surface area (Å²) < 4.78 is 27.9. The molecule has 1 amide bonds. The molecule has 1 aliphatic heterocycles. The lowest BCUT2D eigenvalue weighted by Crippen LogP contribution is -2.66. The molecule has 5 atom stereocenters. The van der Waals surface area contributed by atoms with E-state index in [0.29, 0.717) is 6.61 Å². The second kappa shape index (κ2) is 18.1. The molecular formula is C26H45NO9. The summed E-state index contributed by atoms with van der Waals surface area (Å²) >= 11 is 0. The van der Waals surface area contributed by atoms with Crippen LogP contribution in [0, 0.1) is 0 Å². The maximum atomic E-state index is 11.9. The molecule has 0 aromatic heterocycles. The third-order valence-corrected chi connectivity index (χ3v) is 5.85. The van der Waals surface area contributed by atoms with Crippen LogP contribution < -0.4 is 5.32 Å². The van der Waals surface area contributed by atoms with Crippen molar-refractivity contribution in [2.75, 3.05) is 13.2 Å². The number of esters is 3. The maximum Gasteiger partial charge on any atom is 0.303 e. The number of hydrogen-bond acceptors (Lipinski definition) is 9. The summed E-state index contributed by atoms with van der Waals surface area (Å²) in [4.78, 5) is 47.0. The van der Waals surface area contributed by atoms with Gasteiger partial charge in [0, 0.05) is 34.3 Å². The molecule has 0 bridgehead atoms. The molecule has 1 aliphatic rings. The van der Waals surface area contributed by atoms with E-state index in [-0.39, 0.29) is 6.61 Å². The summed E-state index contributed by atoms with van der Waals surface area (Å²) in [5, 5.41) is 2.70. The lowest BCUT2D eigenvalue weighted by Gasteiger charge is -2.44. The molecule has 1 rings (SSSR count). The standard InChI is InChI=1S/C26H45NO9/c1-6-7-8-9-10-11-12-13-14-15-16-32-26-23(27-18(2)28)25(35-21(5)31)24(34-20(4)30)22(36-26)17-33-19(3)29/h22-26H,6-17H2,1-5H3,(H,27,28)/t22-,23-,24-,25-,26-/m0/s1. The Morgan fingerprint density at radius 3 is 1.75 bits per heavy atom. The van der Waals surface area contributed by atoms with Crippen molar-refractivity contribution in [3.8, 4) is 0 Å². The quantitative estimate of drug-likeness (QED) is 0.176. The van der Waals surface area contributed by atoms with Crippen LogP contribution in [-0.2, 0) is 42.9 Å². The van der Waals surface area contributed by atoms with Crippen molar-refractivity contribution >= 4 is 23.8 Å². The Morgan fingerprint density at radius 2 is 1.25 bits per heavy atom. The molecule has 1 heterocycles. The first-order valence-corrected chi connectivity index (χ1v) is 13.2. The van der Waals surface area contributed by atoms with E-state index in [4.69, 9.17) is 23.7 Å². The van der Waals surface area contributed by atoms with Crippen LogP contribution in [0.4, 0.5) is 0 Å². The zero-order valence-electron chi connectivity index (χ0n) is 22.5. The average molecular weight is 516 g/mol. The largest absolute Gasteiger partial charge is 0.463 e. The Labute approximate surface area is 215 Å². The van der Waals surface area contributed by atoms with Gasteiger partial charge in [-0.15, -0.1) is 0 Å². The molecule has 0 aromatic carbocycles. The molecule has 1 fully saturated rings. The zero-order valence-corrected chi connectivity index (χ0v) is 22.5. The van der Waals surface area contributed by atoms with E-state index in [1.807, 2.05) is 0 Å². The van der Waals surface area contributed by atoms with Crippen LogP contribution in [0.15, 0.2) is 0 Å². The van der Waals surface area contributed by atoms with Crippen LogP contribution in [0.1, 0.15) is 98.8 Å². The first kappa shape index (κ1) is 31.8. The fourth-order valence-electron chi connectivity index (χ4n) is 4.22. The van der Waals surface area contributed by atoms with E-state index in [9.17, 15) is 19.2 Å². The molecule has 0 saturated carbocycles. The number of amides is 1. The van der Waals surface area contributed by atoms with E-state index in [1.165, 1.54) is 72.6 Å². The van der Waals surface area contributed by atoms with E-state index < -0.39 is 54.5 Å². The van der Waals surface area contributed by atoms with Gasteiger partial charge in [-0.05, 0) is 6.42 Å². The summed E-state index contributed by atoms with van der Waals surface area (Å²) in [6.07, 6.45) is 7.60. The Morgan fingerprint density at radius 1 is 0.722 bits per heavy atom. The number of carbonyl (C=O) groups excluding carboxylic acids is 4. The fraction of sp³-hybridized carbons (Fsp3) is 0.846. The van der Waals surface area contributed by atoms with Gasteiger partial charge in [0.05, 0.1) is 0 Å². The van der Waals surface area contributed by atoms with Crippen LogP contribution in [0.2, 0.25) is 0 Å². The van der Waals surface area contributed by atoms with Gasteiger partial charge in [-0.3, -0.25) is 19.2 Å². The minimum Gasteiger partial charge on any atom is -0.463 e. The van der Waals surface area contributed by atoms with Crippen LogP contribution in [-0.4, -0.2) is 67.7 Å². The predicted octanol–water partition coefficient (Wildman–Crippen LogP) is 3.58. The lowest BCUT2D eigenvalue weighted by atomic mass is 9.96. The van der Waals surface area contributed by atoms with Gasteiger partial charge in [0.1, 0.15) is 18.8 Å². The van der Waals surface area contributed by atoms with Gasteiger partial charge < -0.3 is 29.0 Å². The minimum absolute atomic E-state index is 0.240. The van der Waals surface area contributed by atoms with Crippen LogP contribution in [0.25, 0.3) is 0 Å². The monoisotopic (exact) mass is 515 g/mol. The molecule has 36 heavy (non-hydrogen) atoms. The van der Waals surface area contributed by atoms with E-state index >= 15 is 0 Å². The summed E-state index contributed by atoms with van der Waals surface area (Å²) in [6, 6.07) is -0.924. The van der Waals surface area contributed by atoms with Crippen molar-refractivity contribution in [1.82, 2.24) is 5.32 Å². The third kappa shape index (κ3) is 13.2. The highest BCUT2D eigenvalue weighted by Crippen LogP contribution is 2.28. The summed E-state index contributed by atoms with van der Waals surface area (Å²) in [5.74, 6) is -2.21. The van der Waals surface area contributed by atoms with Crippen LogP contribution in [0.5, 0.6) is 0 Å². The zero-order chi connectivity index (χ0) is 26.9. The normalized spacial score (nSPS) is 23.5. The van der Waals surface area contributed by atoms with Crippen molar-refractivity contribution in [2.24, 2.45) is 0 Å². The minimum atomic E-state index is -1.11. The molecule has 10 nitrogen and oxygen atoms in total. The lowest BCUT2D eigenvalue weighted by molar-refractivity contribution is -0.277. The Balaban J connectivity index is 2.77. The van der Waals surface area contributed by atoms with Gasteiger partial charge in [-0.25, -0.2) is 0 Å². The highest BCUT2D eigenvalue weighted by atomic mass is 16.7. The van der Waals surface area contributed by atoms with Crippen molar-refractivity contribution in [3.63, 3.8) is 0 Å². The van der Waals surface area contributed by atoms with Gasteiger partial charge in [-0.2, -0.15) is 0 Å². The molecule has 0 spiro atoms. The Hall–Kier alpha value is -2.20. The molecule has 0 aliphatic carbocycles. The molecule has 1 N–H and O–H groups in total. The van der Waals surface area contributed by atoms with Crippen LogP contribution in [0.3, 0.4) is 0 Å². The number of ether oxygens (including phenoxy) is 5. The van der Waals surface area contributed by atoms with Gasteiger partial charge in [0.15, 0.2) is 18.5 Å². The molecule has 10 heteroatoms. The van der Waals surface area contributed by atoms with E-state index in [2.05, 4.69) is 12.2 Å². The van der Waals surface area contributed by atoms with Gasteiger partial charge >= 0.3 is 17.9 Å².